The highest BCUT2D eigenvalue weighted by Gasteiger charge is 2.14. The Kier molecular flexibility index (Phi) is 5.08. The number of anilines is 2. The van der Waals surface area contributed by atoms with Crippen LogP contribution in [0.4, 0.5) is 11.8 Å². The van der Waals surface area contributed by atoms with Gasteiger partial charge in [0.1, 0.15) is 11.6 Å². The van der Waals surface area contributed by atoms with Crippen LogP contribution in [0.15, 0.2) is 16.9 Å². The van der Waals surface area contributed by atoms with E-state index in [-0.39, 0.29) is 5.56 Å². The van der Waals surface area contributed by atoms with E-state index >= 15 is 0 Å². The van der Waals surface area contributed by atoms with Crippen LogP contribution in [-0.4, -0.2) is 39.6 Å². The SMILES string of the molecule is Cc1cc(NCCc2nc(C)cc(=O)[nH]2)nc(N2CCCCC2)n1. The van der Waals surface area contributed by atoms with E-state index in [0.717, 1.165) is 36.2 Å². The van der Waals surface area contributed by atoms with Crippen LogP contribution in [0, 0.1) is 13.8 Å². The summed E-state index contributed by atoms with van der Waals surface area (Å²) in [5.74, 6) is 2.31. The molecule has 2 aromatic rings. The number of hydrogen-bond donors (Lipinski definition) is 2. The van der Waals surface area contributed by atoms with Crippen LogP contribution in [0.1, 0.15) is 36.5 Å². The van der Waals surface area contributed by atoms with Crippen molar-refractivity contribution in [3.05, 3.63) is 39.7 Å². The molecule has 0 bridgehead atoms. The van der Waals surface area contributed by atoms with E-state index in [4.69, 9.17) is 0 Å². The Morgan fingerprint density at radius 2 is 1.83 bits per heavy atom. The molecule has 0 aliphatic carbocycles. The number of piperidine rings is 1. The number of aryl methyl sites for hydroxylation is 2. The van der Waals surface area contributed by atoms with E-state index in [1.807, 2.05) is 19.9 Å². The summed E-state index contributed by atoms with van der Waals surface area (Å²) in [5, 5.41) is 3.31. The first-order valence-electron chi connectivity index (χ1n) is 8.51. The lowest BCUT2D eigenvalue weighted by atomic mass is 10.1. The van der Waals surface area contributed by atoms with Crippen LogP contribution in [0.3, 0.4) is 0 Å². The molecule has 1 saturated heterocycles. The Morgan fingerprint density at radius 3 is 2.58 bits per heavy atom. The van der Waals surface area contributed by atoms with E-state index in [1.165, 1.54) is 25.3 Å². The molecule has 3 heterocycles. The molecule has 1 aliphatic heterocycles. The van der Waals surface area contributed by atoms with Crippen LogP contribution in [0.25, 0.3) is 0 Å². The van der Waals surface area contributed by atoms with Crippen molar-refractivity contribution in [3.63, 3.8) is 0 Å². The summed E-state index contributed by atoms with van der Waals surface area (Å²) in [7, 11) is 0. The molecule has 0 radical (unpaired) electrons. The Morgan fingerprint density at radius 1 is 1.08 bits per heavy atom. The van der Waals surface area contributed by atoms with Crippen molar-refractivity contribution in [3.8, 4) is 0 Å². The van der Waals surface area contributed by atoms with Gasteiger partial charge in [-0.2, -0.15) is 4.98 Å². The molecule has 0 spiro atoms. The minimum absolute atomic E-state index is 0.109. The molecule has 2 aromatic heterocycles. The molecular weight excluding hydrogens is 304 g/mol. The van der Waals surface area contributed by atoms with Gasteiger partial charge in [0.15, 0.2) is 0 Å². The highest BCUT2D eigenvalue weighted by Crippen LogP contribution is 2.18. The molecule has 128 valence electrons. The Balaban J connectivity index is 1.64. The maximum atomic E-state index is 11.5. The van der Waals surface area contributed by atoms with Gasteiger partial charge in [-0.3, -0.25) is 4.79 Å². The first kappa shape index (κ1) is 16.4. The lowest BCUT2D eigenvalue weighted by Gasteiger charge is -2.27. The summed E-state index contributed by atoms with van der Waals surface area (Å²) >= 11 is 0. The van der Waals surface area contributed by atoms with Crippen LogP contribution in [0.5, 0.6) is 0 Å². The third kappa shape index (κ3) is 4.31. The van der Waals surface area contributed by atoms with Crippen LogP contribution < -0.4 is 15.8 Å². The lowest BCUT2D eigenvalue weighted by molar-refractivity contribution is 0.568. The van der Waals surface area contributed by atoms with Gasteiger partial charge in [0.25, 0.3) is 5.56 Å². The molecule has 3 rings (SSSR count). The Bertz CT molecular complexity index is 751. The topological polar surface area (TPSA) is 86.8 Å². The van der Waals surface area contributed by atoms with Gasteiger partial charge in [0, 0.05) is 49.6 Å². The zero-order valence-corrected chi connectivity index (χ0v) is 14.3. The van der Waals surface area contributed by atoms with E-state index in [1.54, 1.807) is 0 Å². The fourth-order valence-electron chi connectivity index (χ4n) is 2.95. The minimum Gasteiger partial charge on any atom is -0.369 e. The molecule has 0 atom stereocenters. The van der Waals surface area contributed by atoms with Crippen LogP contribution in [-0.2, 0) is 6.42 Å². The van der Waals surface area contributed by atoms with Crippen molar-refractivity contribution < 1.29 is 0 Å². The molecule has 1 aliphatic rings. The zero-order chi connectivity index (χ0) is 16.9. The monoisotopic (exact) mass is 328 g/mol. The molecule has 0 amide bonds. The van der Waals surface area contributed by atoms with Crippen molar-refractivity contribution in [1.82, 2.24) is 19.9 Å². The summed E-state index contributed by atoms with van der Waals surface area (Å²) in [6, 6.07) is 3.44. The minimum atomic E-state index is -0.109. The van der Waals surface area contributed by atoms with E-state index < -0.39 is 0 Å². The lowest BCUT2D eigenvalue weighted by Crippen LogP contribution is -2.31. The number of hydrogen-bond acceptors (Lipinski definition) is 6. The van der Waals surface area contributed by atoms with Gasteiger partial charge in [-0.15, -0.1) is 0 Å². The molecular formula is C17H24N6O. The van der Waals surface area contributed by atoms with Crippen LogP contribution in [0.2, 0.25) is 0 Å². The van der Waals surface area contributed by atoms with Crippen molar-refractivity contribution in [2.45, 2.75) is 39.5 Å². The van der Waals surface area contributed by atoms with Gasteiger partial charge in [-0.05, 0) is 33.1 Å². The first-order chi connectivity index (χ1) is 11.6. The number of nitrogens with one attached hydrogen (secondary N) is 2. The largest absolute Gasteiger partial charge is 0.369 e. The predicted octanol–water partition coefficient (Wildman–Crippen LogP) is 1.82. The summed E-state index contributed by atoms with van der Waals surface area (Å²) in [4.78, 5) is 30.0. The second kappa shape index (κ2) is 7.42. The maximum Gasteiger partial charge on any atom is 0.251 e. The molecule has 24 heavy (non-hydrogen) atoms. The van der Waals surface area contributed by atoms with Crippen molar-refractivity contribution in [1.29, 1.82) is 0 Å². The summed E-state index contributed by atoms with van der Waals surface area (Å²) < 4.78 is 0. The average Bonchev–Trinajstić information content (AvgIpc) is 2.54. The van der Waals surface area contributed by atoms with Crippen LogP contribution >= 0.6 is 0 Å². The van der Waals surface area contributed by atoms with E-state index in [0.29, 0.717) is 18.8 Å². The van der Waals surface area contributed by atoms with Gasteiger partial charge < -0.3 is 15.2 Å². The third-order valence-electron chi connectivity index (χ3n) is 4.07. The quantitative estimate of drug-likeness (QED) is 0.871. The predicted molar refractivity (Wildman–Crippen MR) is 94.6 cm³/mol. The molecule has 0 unspecified atom stereocenters. The van der Waals surface area contributed by atoms with Crippen molar-refractivity contribution >= 4 is 11.8 Å². The third-order valence-corrected chi connectivity index (χ3v) is 4.07. The number of aromatic amines is 1. The second-order valence-corrected chi connectivity index (χ2v) is 6.25. The van der Waals surface area contributed by atoms with E-state index in [2.05, 4.69) is 30.2 Å². The molecule has 1 fully saturated rings. The fraction of sp³-hybridized carbons (Fsp3) is 0.529. The summed E-state index contributed by atoms with van der Waals surface area (Å²) in [6.07, 6.45) is 4.33. The highest BCUT2D eigenvalue weighted by molar-refractivity contribution is 5.43. The first-order valence-corrected chi connectivity index (χ1v) is 8.51. The molecule has 0 saturated carbocycles. The zero-order valence-electron chi connectivity index (χ0n) is 14.3. The fourth-order valence-corrected chi connectivity index (χ4v) is 2.95. The normalized spacial score (nSPS) is 14.7. The standard InChI is InChI=1S/C17H24N6O/c1-12-10-15(22-17(20-12)23-8-4-3-5-9-23)18-7-6-14-19-13(2)11-16(24)21-14/h10-11H,3-9H2,1-2H3,(H,18,20,22)(H,19,21,24). The highest BCUT2D eigenvalue weighted by atomic mass is 16.1. The Labute approximate surface area is 141 Å². The average molecular weight is 328 g/mol. The molecule has 2 N–H and O–H groups in total. The summed E-state index contributed by atoms with van der Waals surface area (Å²) in [6.45, 7) is 6.52. The molecule has 0 aromatic carbocycles. The summed E-state index contributed by atoms with van der Waals surface area (Å²) in [5.41, 5.74) is 1.58. The van der Waals surface area contributed by atoms with Gasteiger partial charge in [0.2, 0.25) is 5.95 Å². The number of H-pyrrole nitrogens is 1. The smallest absolute Gasteiger partial charge is 0.251 e. The number of aromatic nitrogens is 4. The molecule has 7 nitrogen and oxygen atoms in total. The molecule has 7 heteroatoms. The maximum absolute atomic E-state index is 11.5. The van der Waals surface area contributed by atoms with Crippen molar-refractivity contribution in [2.24, 2.45) is 0 Å². The number of nitrogens with zero attached hydrogens (tertiary/aromatic N) is 4. The van der Waals surface area contributed by atoms with Gasteiger partial charge in [-0.1, -0.05) is 0 Å². The van der Waals surface area contributed by atoms with Gasteiger partial charge in [-0.25, -0.2) is 9.97 Å². The Hall–Kier alpha value is -2.44. The van der Waals surface area contributed by atoms with Gasteiger partial charge in [0.05, 0.1) is 0 Å². The van der Waals surface area contributed by atoms with E-state index in [9.17, 15) is 4.79 Å². The van der Waals surface area contributed by atoms with Crippen molar-refractivity contribution in [2.75, 3.05) is 29.9 Å². The van der Waals surface area contributed by atoms with Gasteiger partial charge >= 0.3 is 0 Å². The second-order valence-electron chi connectivity index (χ2n) is 6.25. The number of rotatable bonds is 5.